The first kappa shape index (κ1) is 12.8. The Hall–Kier alpha value is -1.62. The fourth-order valence-corrected chi connectivity index (χ4v) is 2.36. The average molecular weight is 260 g/mol. The second-order valence-corrected chi connectivity index (χ2v) is 5.11. The molecule has 0 radical (unpaired) electrons. The molecular formula is C13H16N4S. The molecule has 0 saturated carbocycles. The largest absolute Gasteiger partial charge is 0.399 e. The zero-order chi connectivity index (χ0) is 13.1. The van der Waals surface area contributed by atoms with Gasteiger partial charge in [0.2, 0.25) is 0 Å². The standard InChI is InChI=1S/C13H16N4S/c1-8-9(2)16-13(17-10(8)3)18-7-12-6-11(14)4-5-15-12/h4-6H,7H2,1-3H3,(H2,14,15). The molecule has 0 aliphatic rings. The predicted octanol–water partition coefficient (Wildman–Crippen LogP) is 2.67. The van der Waals surface area contributed by atoms with E-state index in [0.29, 0.717) is 0 Å². The van der Waals surface area contributed by atoms with Crippen LogP contribution in [0.25, 0.3) is 0 Å². The lowest BCUT2D eigenvalue weighted by Gasteiger charge is -2.06. The Labute approximate surface area is 111 Å². The van der Waals surface area contributed by atoms with Gasteiger partial charge in [-0.1, -0.05) is 11.8 Å². The van der Waals surface area contributed by atoms with Crippen molar-refractivity contribution in [3.8, 4) is 0 Å². The van der Waals surface area contributed by atoms with Gasteiger partial charge in [0.25, 0.3) is 0 Å². The van der Waals surface area contributed by atoms with E-state index in [-0.39, 0.29) is 0 Å². The van der Waals surface area contributed by atoms with Crippen molar-refractivity contribution in [2.75, 3.05) is 5.73 Å². The molecule has 2 heterocycles. The van der Waals surface area contributed by atoms with Crippen LogP contribution in [0, 0.1) is 20.8 Å². The van der Waals surface area contributed by atoms with Gasteiger partial charge in [0.15, 0.2) is 5.16 Å². The fraction of sp³-hybridized carbons (Fsp3) is 0.308. The van der Waals surface area contributed by atoms with E-state index in [1.54, 1.807) is 24.0 Å². The lowest BCUT2D eigenvalue weighted by molar-refractivity contribution is 0.880. The van der Waals surface area contributed by atoms with Crippen molar-refractivity contribution in [2.24, 2.45) is 0 Å². The molecule has 2 aromatic rings. The summed E-state index contributed by atoms with van der Waals surface area (Å²) in [5.74, 6) is 0.729. The summed E-state index contributed by atoms with van der Waals surface area (Å²) in [5.41, 5.74) is 10.6. The number of aryl methyl sites for hydroxylation is 2. The third-order valence-electron chi connectivity index (χ3n) is 2.80. The first-order valence-electron chi connectivity index (χ1n) is 5.71. The van der Waals surface area contributed by atoms with Crippen molar-refractivity contribution >= 4 is 17.4 Å². The van der Waals surface area contributed by atoms with E-state index in [9.17, 15) is 0 Å². The molecule has 0 saturated heterocycles. The summed E-state index contributed by atoms with van der Waals surface area (Å²) in [4.78, 5) is 13.2. The van der Waals surface area contributed by atoms with Crippen molar-refractivity contribution in [1.29, 1.82) is 0 Å². The third kappa shape index (κ3) is 2.98. The van der Waals surface area contributed by atoms with Gasteiger partial charge in [-0.25, -0.2) is 9.97 Å². The molecule has 5 heteroatoms. The Balaban J connectivity index is 2.11. The molecule has 2 aromatic heterocycles. The van der Waals surface area contributed by atoms with E-state index in [1.807, 2.05) is 26.8 Å². The maximum atomic E-state index is 5.72. The highest BCUT2D eigenvalue weighted by atomic mass is 32.2. The third-order valence-corrected chi connectivity index (χ3v) is 3.68. The van der Waals surface area contributed by atoms with Gasteiger partial charge in [-0.2, -0.15) is 0 Å². The molecule has 0 bridgehead atoms. The summed E-state index contributed by atoms with van der Waals surface area (Å²) >= 11 is 1.58. The van der Waals surface area contributed by atoms with Crippen LogP contribution >= 0.6 is 11.8 Å². The zero-order valence-electron chi connectivity index (χ0n) is 10.8. The fourth-order valence-electron chi connectivity index (χ4n) is 1.52. The van der Waals surface area contributed by atoms with Gasteiger partial charge in [-0.15, -0.1) is 0 Å². The average Bonchev–Trinajstić information content (AvgIpc) is 2.33. The number of rotatable bonds is 3. The van der Waals surface area contributed by atoms with Crippen LogP contribution < -0.4 is 5.73 Å². The van der Waals surface area contributed by atoms with Crippen LogP contribution in [0.1, 0.15) is 22.6 Å². The molecule has 0 unspecified atom stereocenters. The first-order chi connectivity index (χ1) is 8.56. The van der Waals surface area contributed by atoms with Gasteiger partial charge in [-0.05, 0) is 38.5 Å². The molecule has 0 aliphatic heterocycles. The van der Waals surface area contributed by atoms with E-state index in [0.717, 1.165) is 39.2 Å². The molecule has 0 aromatic carbocycles. The van der Waals surface area contributed by atoms with Crippen molar-refractivity contribution in [3.05, 3.63) is 41.0 Å². The molecular weight excluding hydrogens is 244 g/mol. The summed E-state index contributed by atoms with van der Waals surface area (Å²) in [7, 11) is 0. The summed E-state index contributed by atoms with van der Waals surface area (Å²) in [5, 5.41) is 0.792. The number of hydrogen-bond acceptors (Lipinski definition) is 5. The Morgan fingerprint density at radius 2 is 1.83 bits per heavy atom. The summed E-state index contributed by atoms with van der Waals surface area (Å²) < 4.78 is 0. The molecule has 2 N–H and O–H groups in total. The molecule has 0 atom stereocenters. The van der Waals surface area contributed by atoms with E-state index in [4.69, 9.17) is 5.73 Å². The normalized spacial score (nSPS) is 10.6. The summed E-state index contributed by atoms with van der Waals surface area (Å²) in [6, 6.07) is 3.66. The number of anilines is 1. The molecule has 2 rings (SSSR count). The smallest absolute Gasteiger partial charge is 0.188 e. The Kier molecular flexibility index (Phi) is 3.81. The van der Waals surface area contributed by atoms with Gasteiger partial charge in [-0.3, -0.25) is 4.98 Å². The van der Waals surface area contributed by atoms with Crippen molar-refractivity contribution in [2.45, 2.75) is 31.7 Å². The minimum absolute atomic E-state index is 0.729. The van der Waals surface area contributed by atoms with E-state index in [1.165, 1.54) is 0 Å². The molecule has 4 nitrogen and oxygen atoms in total. The molecule has 94 valence electrons. The number of thioether (sulfide) groups is 1. The van der Waals surface area contributed by atoms with Crippen LogP contribution in [0.5, 0.6) is 0 Å². The Morgan fingerprint density at radius 3 is 2.44 bits per heavy atom. The van der Waals surface area contributed by atoms with Gasteiger partial charge in [0.1, 0.15) is 0 Å². The second kappa shape index (κ2) is 5.35. The number of pyridine rings is 1. The molecule has 0 aliphatic carbocycles. The maximum absolute atomic E-state index is 5.72. The number of aromatic nitrogens is 3. The molecule has 0 spiro atoms. The molecule has 18 heavy (non-hydrogen) atoms. The van der Waals surface area contributed by atoms with Crippen molar-refractivity contribution in [1.82, 2.24) is 15.0 Å². The van der Waals surface area contributed by atoms with E-state index < -0.39 is 0 Å². The second-order valence-electron chi connectivity index (χ2n) is 4.17. The highest BCUT2D eigenvalue weighted by molar-refractivity contribution is 7.98. The molecule has 0 fully saturated rings. The van der Waals surface area contributed by atoms with Crippen LogP contribution in [0.4, 0.5) is 5.69 Å². The predicted molar refractivity (Wildman–Crippen MR) is 74.5 cm³/mol. The van der Waals surface area contributed by atoms with Gasteiger partial charge in [0.05, 0.1) is 5.69 Å². The van der Waals surface area contributed by atoms with Crippen molar-refractivity contribution in [3.63, 3.8) is 0 Å². The van der Waals surface area contributed by atoms with Gasteiger partial charge < -0.3 is 5.73 Å². The van der Waals surface area contributed by atoms with Gasteiger partial charge >= 0.3 is 0 Å². The SMILES string of the molecule is Cc1nc(SCc2cc(N)ccn2)nc(C)c1C. The van der Waals surface area contributed by atoms with Crippen LogP contribution in [0.3, 0.4) is 0 Å². The first-order valence-corrected chi connectivity index (χ1v) is 6.70. The highest BCUT2D eigenvalue weighted by Crippen LogP contribution is 2.21. The minimum atomic E-state index is 0.729. The van der Waals surface area contributed by atoms with E-state index >= 15 is 0 Å². The number of nitrogens with zero attached hydrogens (tertiary/aromatic N) is 3. The summed E-state index contributed by atoms with van der Waals surface area (Å²) in [6.07, 6.45) is 1.72. The van der Waals surface area contributed by atoms with E-state index in [2.05, 4.69) is 15.0 Å². The monoisotopic (exact) mass is 260 g/mol. The zero-order valence-corrected chi connectivity index (χ0v) is 11.6. The van der Waals surface area contributed by atoms with Gasteiger partial charge in [0, 0.05) is 29.0 Å². The highest BCUT2D eigenvalue weighted by Gasteiger charge is 2.06. The van der Waals surface area contributed by atoms with Crippen LogP contribution in [-0.4, -0.2) is 15.0 Å². The number of hydrogen-bond donors (Lipinski definition) is 1. The lowest BCUT2D eigenvalue weighted by atomic mass is 10.2. The van der Waals surface area contributed by atoms with Crippen LogP contribution in [0.15, 0.2) is 23.5 Å². The Bertz CT molecular complexity index is 546. The minimum Gasteiger partial charge on any atom is -0.399 e. The maximum Gasteiger partial charge on any atom is 0.188 e. The van der Waals surface area contributed by atoms with Crippen LogP contribution in [0.2, 0.25) is 0 Å². The lowest BCUT2D eigenvalue weighted by Crippen LogP contribution is -1.98. The topological polar surface area (TPSA) is 64.7 Å². The quantitative estimate of drug-likeness (QED) is 0.679. The number of nitrogen functional groups attached to an aromatic ring is 1. The van der Waals surface area contributed by atoms with Crippen LogP contribution in [-0.2, 0) is 5.75 Å². The number of nitrogens with two attached hydrogens (primary N) is 1. The molecule has 0 amide bonds. The summed E-state index contributed by atoms with van der Waals surface area (Å²) in [6.45, 7) is 6.05. The Morgan fingerprint density at radius 1 is 1.17 bits per heavy atom. The van der Waals surface area contributed by atoms with Crippen molar-refractivity contribution < 1.29 is 0 Å².